The third-order valence-electron chi connectivity index (χ3n) is 2.92. The highest BCUT2D eigenvalue weighted by atomic mass is 16.5. The van der Waals surface area contributed by atoms with Gasteiger partial charge in [-0.25, -0.2) is 0 Å². The van der Waals surface area contributed by atoms with Crippen molar-refractivity contribution in [2.24, 2.45) is 5.73 Å². The summed E-state index contributed by atoms with van der Waals surface area (Å²) in [6.45, 7) is 4.97. The van der Waals surface area contributed by atoms with Crippen LogP contribution in [0.15, 0.2) is 0 Å². The summed E-state index contributed by atoms with van der Waals surface area (Å²) in [7, 11) is 1.76. The highest BCUT2D eigenvalue weighted by Crippen LogP contribution is 2.14. The Bertz CT molecular complexity index is 174. The molecule has 0 amide bonds. The van der Waals surface area contributed by atoms with Crippen molar-refractivity contribution < 1.29 is 9.84 Å². The third kappa shape index (κ3) is 3.53. The molecule has 1 fully saturated rings. The van der Waals surface area contributed by atoms with Gasteiger partial charge in [-0.2, -0.15) is 0 Å². The van der Waals surface area contributed by atoms with Gasteiger partial charge in [0.2, 0.25) is 0 Å². The topological polar surface area (TPSA) is 58.7 Å². The zero-order valence-corrected chi connectivity index (χ0v) is 9.20. The highest BCUT2D eigenvalue weighted by Gasteiger charge is 2.24. The molecule has 84 valence electrons. The monoisotopic (exact) mass is 202 g/mol. The normalized spacial score (nSPS) is 27.9. The number of hydrogen-bond donors (Lipinski definition) is 2. The van der Waals surface area contributed by atoms with Crippen molar-refractivity contribution in [3.8, 4) is 0 Å². The number of nitrogens with two attached hydrogens (primary N) is 1. The summed E-state index contributed by atoms with van der Waals surface area (Å²) in [6.07, 6.45) is 2.32. The molecule has 4 nitrogen and oxygen atoms in total. The molecule has 0 radical (unpaired) electrons. The van der Waals surface area contributed by atoms with Gasteiger partial charge in [0.25, 0.3) is 0 Å². The van der Waals surface area contributed by atoms with Gasteiger partial charge in [0, 0.05) is 32.3 Å². The molecule has 1 aliphatic rings. The summed E-state index contributed by atoms with van der Waals surface area (Å²) in [5.74, 6) is 0. The summed E-state index contributed by atoms with van der Waals surface area (Å²) < 4.78 is 5.28. The molecule has 14 heavy (non-hydrogen) atoms. The molecule has 1 aliphatic heterocycles. The Morgan fingerprint density at radius 1 is 1.64 bits per heavy atom. The van der Waals surface area contributed by atoms with Crippen LogP contribution in [0, 0.1) is 0 Å². The van der Waals surface area contributed by atoms with Gasteiger partial charge in [0.05, 0.1) is 12.7 Å². The molecule has 1 rings (SSSR count). The van der Waals surface area contributed by atoms with E-state index in [1.807, 2.05) is 6.92 Å². The number of methoxy groups -OCH3 is 1. The number of ether oxygens (including phenoxy) is 1. The Morgan fingerprint density at radius 2 is 2.36 bits per heavy atom. The second-order valence-corrected chi connectivity index (χ2v) is 4.51. The Morgan fingerprint density at radius 3 is 2.86 bits per heavy atom. The van der Waals surface area contributed by atoms with E-state index in [-0.39, 0.29) is 6.61 Å². The lowest BCUT2D eigenvalue weighted by Crippen LogP contribution is -2.43. The quantitative estimate of drug-likeness (QED) is 0.648. The maximum Gasteiger partial charge on any atom is 0.0710 e. The van der Waals surface area contributed by atoms with Crippen LogP contribution in [0.2, 0.25) is 0 Å². The van der Waals surface area contributed by atoms with Gasteiger partial charge in [-0.1, -0.05) is 0 Å². The molecule has 0 saturated carbocycles. The Balaban J connectivity index is 2.20. The van der Waals surface area contributed by atoms with Gasteiger partial charge in [-0.05, 0) is 19.8 Å². The van der Waals surface area contributed by atoms with Gasteiger partial charge >= 0.3 is 0 Å². The molecule has 0 spiro atoms. The fourth-order valence-electron chi connectivity index (χ4n) is 1.69. The summed E-state index contributed by atoms with van der Waals surface area (Å²) >= 11 is 0. The van der Waals surface area contributed by atoms with Crippen molar-refractivity contribution >= 4 is 0 Å². The first-order chi connectivity index (χ1) is 6.57. The molecule has 0 bridgehead atoms. The molecule has 4 heteroatoms. The summed E-state index contributed by atoms with van der Waals surface area (Å²) in [5.41, 5.74) is 5.41. The van der Waals surface area contributed by atoms with E-state index in [0.29, 0.717) is 6.10 Å². The fourth-order valence-corrected chi connectivity index (χ4v) is 1.69. The zero-order chi connectivity index (χ0) is 10.6. The average molecular weight is 202 g/mol. The minimum absolute atomic E-state index is 0.0501. The average Bonchev–Trinajstić information content (AvgIpc) is 2.63. The fraction of sp³-hybridized carbons (Fsp3) is 1.00. The predicted octanol–water partition coefficient (Wildman–Crippen LogP) is -0.193. The van der Waals surface area contributed by atoms with Crippen molar-refractivity contribution in [3.63, 3.8) is 0 Å². The second-order valence-electron chi connectivity index (χ2n) is 4.51. The van der Waals surface area contributed by atoms with E-state index in [9.17, 15) is 0 Å². The molecular weight excluding hydrogens is 180 g/mol. The Hall–Kier alpha value is -0.160. The van der Waals surface area contributed by atoms with Crippen LogP contribution in [0.1, 0.15) is 19.8 Å². The van der Waals surface area contributed by atoms with Crippen LogP contribution in [-0.4, -0.2) is 55.0 Å². The van der Waals surface area contributed by atoms with E-state index < -0.39 is 5.54 Å². The van der Waals surface area contributed by atoms with Crippen LogP contribution >= 0.6 is 0 Å². The van der Waals surface area contributed by atoms with Gasteiger partial charge in [0.1, 0.15) is 0 Å². The lowest BCUT2D eigenvalue weighted by molar-refractivity contribution is 0.105. The second kappa shape index (κ2) is 5.07. The van der Waals surface area contributed by atoms with Crippen LogP contribution in [0.5, 0.6) is 0 Å². The van der Waals surface area contributed by atoms with E-state index in [0.717, 1.165) is 32.5 Å². The first-order valence-electron chi connectivity index (χ1n) is 5.22. The molecule has 1 heterocycles. The number of hydrogen-bond acceptors (Lipinski definition) is 4. The minimum atomic E-state index is -0.439. The summed E-state index contributed by atoms with van der Waals surface area (Å²) in [4.78, 5) is 2.34. The largest absolute Gasteiger partial charge is 0.394 e. The van der Waals surface area contributed by atoms with Crippen LogP contribution in [0.3, 0.4) is 0 Å². The zero-order valence-electron chi connectivity index (χ0n) is 9.20. The Labute approximate surface area is 86.0 Å². The van der Waals surface area contributed by atoms with E-state index >= 15 is 0 Å². The summed E-state index contributed by atoms with van der Waals surface area (Å²) in [5, 5.41) is 9.00. The van der Waals surface area contributed by atoms with Gasteiger partial charge in [0.15, 0.2) is 0 Å². The van der Waals surface area contributed by atoms with E-state index in [4.69, 9.17) is 15.6 Å². The van der Waals surface area contributed by atoms with Crippen LogP contribution in [0.25, 0.3) is 0 Å². The van der Waals surface area contributed by atoms with Gasteiger partial charge in [-0.3, -0.25) is 0 Å². The number of nitrogens with zero attached hydrogens (tertiary/aromatic N) is 1. The van der Waals surface area contributed by atoms with Crippen LogP contribution in [0.4, 0.5) is 0 Å². The molecule has 0 aromatic carbocycles. The molecular formula is C10H22N2O2. The first-order valence-corrected chi connectivity index (χ1v) is 5.22. The van der Waals surface area contributed by atoms with Crippen molar-refractivity contribution in [2.45, 2.75) is 31.4 Å². The standard InChI is InChI=1S/C10H22N2O2/c1-10(11,8-13)4-6-12-5-3-9(7-12)14-2/h9,13H,3-8,11H2,1-2H3. The molecule has 0 aromatic rings. The van der Waals surface area contributed by atoms with Gasteiger partial charge in [-0.15, -0.1) is 0 Å². The third-order valence-corrected chi connectivity index (χ3v) is 2.92. The number of likely N-dealkylation sites (tertiary alicyclic amines) is 1. The maximum atomic E-state index is 9.00. The van der Waals surface area contributed by atoms with Gasteiger partial charge < -0.3 is 20.5 Å². The van der Waals surface area contributed by atoms with E-state index in [2.05, 4.69) is 4.90 Å². The van der Waals surface area contributed by atoms with Crippen LogP contribution in [-0.2, 0) is 4.74 Å². The SMILES string of the molecule is COC1CCN(CCC(C)(N)CO)C1. The maximum absolute atomic E-state index is 9.00. The smallest absolute Gasteiger partial charge is 0.0710 e. The number of rotatable bonds is 5. The molecule has 2 atom stereocenters. The highest BCUT2D eigenvalue weighted by molar-refractivity contribution is 4.82. The predicted molar refractivity (Wildman–Crippen MR) is 56.1 cm³/mol. The van der Waals surface area contributed by atoms with Crippen molar-refractivity contribution in [2.75, 3.05) is 33.4 Å². The summed E-state index contributed by atoms with van der Waals surface area (Å²) in [6, 6.07) is 0. The van der Waals surface area contributed by atoms with E-state index in [1.165, 1.54) is 0 Å². The Kier molecular flexibility index (Phi) is 4.31. The minimum Gasteiger partial charge on any atom is -0.394 e. The van der Waals surface area contributed by atoms with Crippen LogP contribution < -0.4 is 5.73 Å². The van der Waals surface area contributed by atoms with Crippen molar-refractivity contribution in [3.05, 3.63) is 0 Å². The van der Waals surface area contributed by atoms with Crippen molar-refractivity contribution in [1.29, 1.82) is 0 Å². The lowest BCUT2D eigenvalue weighted by Gasteiger charge is -2.25. The lowest BCUT2D eigenvalue weighted by atomic mass is 10.0. The molecule has 3 N–H and O–H groups in total. The van der Waals surface area contributed by atoms with Crippen molar-refractivity contribution in [1.82, 2.24) is 4.90 Å². The molecule has 0 aromatic heterocycles. The number of aliphatic hydroxyl groups is 1. The first kappa shape index (κ1) is 11.9. The molecule has 1 saturated heterocycles. The molecule has 0 aliphatic carbocycles. The van der Waals surface area contributed by atoms with E-state index in [1.54, 1.807) is 7.11 Å². The molecule has 2 unspecified atom stereocenters. The number of aliphatic hydroxyl groups excluding tert-OH is 1.